The van der Waals surface area contributed by atoms with Gasteiger partial charge in [0.1, 0.15) is 6.61 Å². The predicted molar refractivity (Wildman–Crippen MR) is 161 cm³/mol. The van der Waals surface area contributed by atoms with Crippen molar-refractivity contribution in [1.29, 1.82) is 0 Å². The van der Waals surface area contributed by atoms with Crippen molar-refractivity contribution >= 4 is 18.0 Å². The zero-order valence-electron chi connectivity index (χ0n) is 24.5. The lowest BCUT2D eigenvalue weighted by Crippen LogP contribution is -2.48. The highest BCUT2D eigenvalue weighted by Gasteiger charge is 2.30. The van der Waals surface area contributed by atoms with Crippen molar-refractivity contribution in [3.63, 3.8) is 0 Å². The lowest BCUT2D eigenvalue weighted by atomic mass is 9.84. The van der Waals surface area contributed by atoms with E-state index in [9.17, 15) is 19.5 Å². The van der Waals surface area contributed by atoms with Gasteiger partial charge in [0.25, 0.3) is 0 Å². The first-order valence-corrected chi connectivity index (χ1v) is 14.4. The molecule has 8 heteroatoms. The average Bonchev–Trinajstić information content (AvgIpc) is 3.30. The van der Waals surface area contributed by atoms with Gasteiger partial charge in [-0.3, -0.25) is 4.79 Å². The first-order valence-electron chi connectivity index (χ1n) is 14.4. The minimum Gasteiger partial charge on any atom is -0.480 e. The van der Waals surface area contributed by atoms with Crippen LogP contribution in [0.3, 0.4) is 0 Å². The average molecular weight is 573 g/mol. The van der Waals surface area contributed by atoms with Crippen LogP contribution < -0.4 is 10.6 Å². The molecule has 0 fully saturated rings. The molecular formula is C34H40N2O6. The fraction of sp³-hybridized carbons (Fsp3) is 0.382. The third kappa shape index (κ3) is 8.19. The number of carbonyl (C=O) groups excluding carboxylic acids is 2. The lowest BCUT2D eigenvalue weighted by molar-refractivity contribution is -0.146. The number of rotatable bonds is 14. The molecule has 0 saturated heterocycles. The van der Waals surface area contributed by atoms with Crippen molar-refractivity contribution in [2.45, 2.75) is 64.7 Å². The molecule has 42 heavy (non-hydrogen) atoms. The number of hydrogen-bond acceptors (Lipinski definition) is 5. The molecule has 0 heterocycles. The molecule has 0 radical (unpaired) electrons. The minimum absolute atomic E-state index is 0.000751. The highest BCUT2D eigenvalue weighted by atomic mass is 16.5. The third-order valence-corrected chi connectivity index (χ3v) is 7.85. The second-order valence-electron chi connectivity index (χ2n) is 11.6. The number of amides is 2. The number of aliphatic carboxylic acids is 1. The van der Waals surface area contributed by atoms with Gasteiger partial charge in [0.15, 0.2) is 6.04 Å². The Balaban J connectivity index is 1.17. The zero-order chi connectivity index (χ0) is 30.1. The number of carboxylic acid groups (broad SMARTS) is 1. The maximum absolute atomic E-state index is 12.6. The van der Waals surface area contributed by atoms with E-state index in [1.54, 1.807) is 6.92 Å². The van der Waals surface area contributed by atoms with Gasteiger partial charge in [0, 0.05) is 18.9 Å². The molecule has 3 N–H and O–H groups in total. The molecule has 0 saturated carbocycles. The van der Waals surface area contributed by atoms with Crippen molar-refractivity contribution in [2.24, 2.45) is 5.41 Å². The maximum atomic E-state index is 12.6. The van der Waals surface area contributed by atoms with Gasteiger partial charge in [-0.15, -0.1) is 0 Å². The zero-order valence-corrected chi connectivity index (χ0v) is 24.5. The van der Waals surface area contributed by atoms with E-state index < -0.39 is 24.2 Å². The molecule has 3 aromatic rings. The van der Waals surface area contributed by atoms with Crippen molar-refractivity contribution in [3.8, 4) is 11.1 Å². The van der Waals surface area contributed by atoms with E-state index in [-0.39, 0.29) is 36.9 Å². The summed E-state index contributed by atoms with van der Waals surface area (Å²) < 4.78 is 11.3. The standard InChI is InChI=1S/C34H40N2O6/c1-23(41-21-24-11-5-4-6-12-24)31(32(38)39)36-30(37)17-18-34(2,3)19-20-35-33(40)42-22-29-27-15-9-7-13-25(27)26-14-8-10-16-28(26)29/h4-16,23,29,31H,17-22H2,1-3H3,(H,35,40)(H,36,37)(H,38,39)/t23-,31+/m0/s1. The molecule has 0 spiro atoms. The fourth-order valence-corrected chi connectivity index (χ4v) is 5.25. The van der Waals surface area contributed by atoms with Crippen molar-refractivity contribution in [3.05, 3.63) is 95.6 Å². The number of carbonyl (C=O) groups is 3. The van der Waals surface area contributed by atoms with Crippen LogP contribution in [0.4, 0.5) is 4.79 Å². The first kappa shape index (κ1) is 30.8. The molecule has 3 aromatic carbocycles. The summed E-state index contributed by atoms with van der Waals surface area (Å²) in [6.45, 7) is 6.57. The fourth-order valence-electron chi connectivity index (χ4n) is 5.25. The van der Waals surface area contributed by atoms with Crippen molar-refractivity contribution < 1.29 is 29.0 Å². The summed E-state index contributed by atoms with van der Waals surface area (Å²) in [5.41, 5.74) is 5.34. The van der Waals surface area contributed by atoms with Gasteiger partial charge in [-0.05, 0) is 53.0 Å². The van der Waals surface area contributed by atoms with Crippen molar-refractivity contribution in [1.82, 2.24) is 10.6 Å². The van der Waals surface area contributed by atoms with E-state index in [0.717, 1.165) is 16.7 Å². The molecule has 4 rings (SSSR count). The van der Waals surface area contributed by atoms with Crippen LogP contribution in [0, 0.1) is 5.41 Å². The minimum atomic E-state index is -1.15. The van der Waals surface area contributed by atoms with Crippen LogP contribution in [-0.2, 0) is 25.7 Å². The van der Waals surface area contributed by atoms with E-state index in [4.69, 9.17) is 9.47 Å². The Morgan fingerprint density at radius 2 is 1.48 bits per heavy atom. The summed E-state index contributed by atoms with van der Waals surface area (Å²) in [7, 11) is 0. The van der Waals surface area contributed by atoms with Crippen LogP contribution >= 0.6 is 0 Å². The van der Waals surface area contributed by atoms with Gasteiger partial charge >= 0.3 is 12.1 Å². The van der Waals surface area contributed by atoms with Gasteiger partial charge < -0.3 is 25.2 Å². The molecule has 0 aliphatic heterocycles. The van der Waals surface area contributed by atoms with Crippen LogP contribution in [0.5, 0.6) is 0 Å². The van der Waals surface area contributed by atoms with Gasteiger partial charge in [-0.25, -0.2) is 9.59 Å². The largest absolute Gasteiger partial charge is 0.480 e. The third-order valence-electron chi connectivity index (χ3n) is 7.85. The first-order chi connectivity index (χ1) is 20.1. The second kappa shape index (κ2) is 14.1. The Bertz CT molecular complexity index is 1330. The summed E-state index contributed by atoms with van der Waals surface area (Å²) in [5.74, 6) is -1.50. The quantitative estimate of drug-likeness (QED) is 0.222. The van der Waals surface area contributed by atoms with Crippen LogP contribution in [0.15, 0.2) is 78.9 Å². The summed E-state index contributed by atoms with van der Waals surface area (Å²) in [4.78, 5) is 36.9. The van der Waals surface area contributed by atoms with E-state index in [1.165, 1.54) is 11.1 Å². The maximum Gasteiger partial charge on any atom is 0.407 e. The topological polar surface area (TPSA) is 114 Å². The molecule has 0 bridgehead atoms. The molecule has 8 nitrogen and oxygen atoms in total. The smallest absolute Gasteiger partial charge is 0.407 e. The number of fused-ring (bicyclic) bond motifs is 3. The SMILES string of the molecule is C[C@H](OCc1ccccc1)[C@@H](NC(=O)CCC(C)(C)CCNC(=O)OCC1c2ccccc2-c2ccccc21)C(=O)O. The molecule has 0 aromatic heterocycles. The Hall–Kier alpha value is -4.17. The molecule has 2 atom stereocenters. The van der Waals surface area contributed by atoms with E-state index in [0.29, 0.717) is 19.4 Å². The molecule has 0 unspecified atom stereocenters. The Kier molecular flexibility index (Phi) is 10.4. The number of ether oxygens (including phenoxy) is 2. The Morgan fingerprint density at radius 3 is 2.10 bits per heavy atom. The predicted octanol–water partition coefficient (Wildman–Crippen LogP) is 5.90. The van der Waals surface area contributed by atoms with Gasteiger partial charge in [0.05, 0.1) is 12.7 Å². The van der Waals surface area contributed by atoms with Crippen LogP contribution in [0.2, 0.25) is 0 Å². The monoisotopic (exact) mass is 572 g/mol. The lowest BCUT2D eigenvalue weighted by Gasteiger charge is -2.26. The molecule has 2 amide bonds. The Morgan fingerprint density at radius 1 is 0.881 bits per heavy atom. The molecular weight excluding hydrogens is 532 g/mol. The molecule has 1 aliphatic carbocycles. The number of nitrogens with one attached hydrogen (secondary N) is 2. The highest BCUT2D eigenvalue weighted by molar-refractivity contribution is 5.84. The van der Waals surface area contributed by atoms with E-state index >= 15 is 0 Å². The van der Waals surface area contributed by atoms with Crippen molar-refractivity contribution in [2.75, 3.05) is 13.2 Å². The number of hydrogen-bond donors (Lipinski definition) is 3. The van der Waals surface area contributed by atoms with Gasteiger partial charge in [0.2, 0.25) is 5.91 Å². The van der Waals surface area contributed by atoms with Crippen LogP contribution in [-0.4, -0.2) is 48.4 Å². The number of benzene rings is 3. The summed E-state index contributed by atoms with van der Waals surface area (Å²) in [6, 6.07) is 24.7. The molecule has 222 valence electrons. The number of alkyl carbamates (subject to hydrolysis) is 1. The summed E-state index contributed by atoms with van der Waals surface area (Å²) in [5, 5.41) is 15.1. The normalized spacial score (nSPS) is 13.9. The number of carboxylic acids is 1. The summed E-state index contributed by atoms with van der Waals surface area (Å²) >= 11 is 0. The van der Waals surface area contributed by atoms with Gasteiger partial charge in [-0.1, -0.05) is 92.7 Å². The van der Waals surface area contributed by atoms with Crippen LogP contribution in [0.1, 0.15) is 62.6 Å². The highest BCUT2D eigenvalue weighted by Crippen LogP contribution is 2.44. The van der Waals surface area contributed by atoms with Gasteiger partial charge in [-0.2, -0.15) is 0 Å². The molecule has 1 aliphatic rings. The van der Waals surface area contributed by atoms with E-state index in [2.05, 4.69) is 34.9 Å². The van der Waals surface area contributed by atoms with Crippen LogP contribution in [0.25, 0.3) is 11.1 Å². The second-order valence-corrected chi connectivity index (χ2v) is 11.6. The van der Waals surface area contributed by atoms with E-state index in [1.807, 2.05) is 68.4 Å². The summed E-state index contributed by atoms with van der Waals surface area (Å²) in [6.07, 6.45) is 0.133. The Labute approximate surface area is 247 Å².